The third-order valence-corrected chi connectivity index (χ3v) is 4.94. The molecule has 21 heavy (non-hydrogen) atoms. The minimum Gasteiger partial charge on any atom is -0.336 e. The molecule has 0 spiro atoms. The molecule has 0 saturated carbocycles. The molecule has 0 atom stereocenters. The normalized spacial score (nSPS) is 15.6. The van der Waals surface area contributed by atoms with Crippen LogP contribution in [-0.2, 0) is 28.4 Å². The molecule has 1 N–H and O–H groups in total. The summed E-state index contributed by atoms with van der Waals surface area (Å²) in [5.74, 6) is 0. The number of nitrogens with zero attached hydrogens (tertiary/aromatic N) is 3. The lowest BCUT2D eigenvalue weighted by Gasteiger charge is -2.15. The molecule has 0 unspecified atom stereocenters. The van der Waals surface area contributed by atoms with Crippen LogP contribution in [0.3, 0.4) is 0 Å². The van der Waals surface area contributed by atoms with Gasteiger partial charge in [-0.15, -0.1) is 0 Å². The predicted molar refractivity (Wildman–Crippen MR) is 79.0 cm³/mol. The summed E-state index contributed by atoms with van der Waals surface area (Å²) in [6.07, 6.45) is 1.01. The maximum atomic E-state index is 11.8. The summed E-state index contributed by atoms with van der Waals surface area (Å²) >= 11 is 0. The van der Waals surface area contributed by atoms with Crippen molar-refractivity contribution >= 4 is 25.8 Å². The third-order valence-electron chi connectivity index (χ3n) is 3.52. The minimum absolute atomic E-state index is 0.0962. The zero-order valence-electron chi connectivity index (χ0n) is 12.1. The fourth-order valence-electron chi connectivity index (χ4n) is 2.52. The lowest BCUT2D eigenvalue weighted by Crippen LogP contribution is -2.31. The maximum Gasteiger partial charge on any atom is 0.317 e. The predicted octanol–water partition coefficient (Wildman–Crippen LogP) is 0.961. The second-order valence-electron chi connectivity index (χ2n) is 4.81. The molecule has 1 aliphatic rings. The standard InChI is InChI=1S/C12H19ClN4O3S/c1-3-9-11(21(13,19)20)10(4-2)17(15-9)8-7-16-6-5-14-12(16)18/h3-8H2,1-2H3,(H,14,18). The van der Waals surface area contributed by atoms with E-state index in [1.807, 2.05) is 13.8 Å². The summed E-state index contributed by atoms with van der Waals surface area (Å²) in [6.45, 7) is 5.94. The molecule has 2 amide bonds. The SMILES string of the molecule is CCc1nn(CCN2CCNC2=O)c(CC)c1S(=O)(=O)Cl. The fourth-order valence-corrected chi connectivity index (χ4v) is 4.05. The van der Waals surface area contributed by atoms with Gasteiger partial charge in [0.2, 0.25) is 0 Å². The summed E-state index contributed by atoms with van der Waals surface area (Å²) in [5, 5.41) is 7.07. The van der Waals surface area contributed by atoms with Crippen molar-refractivity contribution in [1.82, 2.24) is 20.0 Å². The molecule has 0 bridgehead atoms. The van der Waals surface area contributed by atoms with Crippen molar-refractivity contribution < 1.29 is 13.2 Å². The number of carbonyl (C=O) groups excluding carboxylic acids is 1. The molecular weight excluding hydrogens is 316 g/mol. The summed E-state index contributed by atoms with van der Waals surface area (Å²) < 4.78 is 25.2. The van der Waals surface area contributed by atoms with Crippen molar-refractivity contribution in [3.05, 3.63) is 11.4 Å². The summed E-state index contributed by atoms with van der Waals surface area (Å²) in [7, 11) is 1.71. The van der Waals surface area contributed by atoms with E-state index in [1.165, 1.54) is 0 Å². The average molecular weight is 335 g/mol. The lowest BCUT2D eigenvalue weighted by atomic mass is 10.2. The third kappa shape index (κ3) is 3.32. The summed E-state index contributed by atoms with van der Waals surface area (Å²) in [6, 6.07) is -0.0962. The molecule has 1 fully saturated rings. The van der Waals surface area contributed by atoms with E-state index < -0.39 is 9.05 Å². The Hall–Kier alpha value is -1.28. The van der Waals surface area contributed by atoms with Crippen LogP contribution in [0, 0.1) is 0 Å². The van der Waals surface area contributed by atoms with E-state index >= 15 is 0 Å². The highest BCUT2D eigenvalue weighted by atomic mass is 35.7. The summed E-state index contributed by atoms with van der Waals surface area (Å²) in [5.41, 5.74) is 1.08. The Bertz CT molecular complexity index is 641. The van der Waals surface area contributed by atoms with Gasteiger partial charge in [0.15, 0.2) is 0 Å². The van der Waals surface area contributed by atoms with Crippen LogP contribution >= 0.6 is 10.7 Å². The van der Waals surface area contributed by atoms with Crippen molar-refractivity contribution in [2.75, 3.05) is 19.6 Å². The zero-order chi connectivity index (χ0) is 15.6. The zero-order valence-corrected chi connectivity index (χ0v) is 13.7. The largest absolute Gasteiger partial charge is 0.336 e. The van der Waals surface area contributed by atoms with Crippen LogP contribution in [-0.4, -0.2) is 48.8 Å². The smallest absolute Gasteiger partial charge is 0.317 e. The van der Waals surface area contributed by atoms with Crippen molar-refractivity contribution in [1.29, 1.82) is 0 Å². The van der Waals surface area contributed by atoms with Crippen molar-refractivity contribution in [3.63, 3.8) is 0 Å². The minimum atomic E-state index is -3.82. The van der Waals surface area contributed by atoms with Crippen molar-refractivity contribution in [3.8, 4) is 0 Å². The Kier molecular flexibility index (Phi) is 4.77. The number of aryl methyl sites for hydroxylation is 1. The van der Waals surface area contributed by atoms with Crippen LogP contribution in [0.4, 0.5) is 4.79 Å². The molecule has 2 rings (SSSR count). The topological polar surface area (TPSA) is 84.3 Å². The van der Waals surface area contributed by atoms with Crippen LogP contribution in [0.2, 0.25) is 0 Å². The molecule has 1 saturated heterocycles. The summed E-state index contributed by atoms with van der Waals surface area (Å²) in [4.78, 5) is 13.3. The molecule has 118 valence electrons. The quantitative estimate of drug-likeness (QED) is 0.785. The molecule has 1 aliphatic heterocycles. The first kappa shape index (κ1) is 16.1. The number of nitrogens with one attached hydrogen (secondary N) is 1. The first-order valence-electron chi connectivity index (χ1n) is 6.94. The highest BCUT2D eigenvalue weighted by Crippen LogP contribution is 2.25. The van der Waals surface area contributed by atoms with Crippen LogP contribution < -0.4 is 5.32 Å². The van der Waals surface area contributed by atoms with Gasteiger partial charge in [-0.1, -0.05) is 13.8 Å². The average Bonchev–Trinajstić information content (AvgIpc) is 2.98. The first-order valence-corrected chi connectivity index (χ1v) is 9.25. The number of rotatable bonds is 6. The lowest BCUT2D eigenvalue weighted by molar-refractivity contribution is 0.214. The molecule has 9 heteroatoms. The second kappa shape index (κ2) is 6.23. The van der Waals surface area contributed by atoms with E-state index in [1.54, 1.807) is 9.58 Å². The molecule has 0 radical (unpaired) electrons. The van der Waals surface area contributed by atoms with Gasteiger partial charge in [0.1, 0.15) is 4.90 Å². The maximum absolute atomic E-state index is 11.8. The van der Waals surface area contributed by atoms with Crippen LogP contribution in [0.5, 0.6) is 0 Å². The molecular formula is C12H19ClN4O3S. The van der Waals surface area contributed by atoms with E-state index in [0.29, 0.717) is 50.4 Å². The number of aromatic nitrogens is 2. The number of halogens is 1. The van der Waals surface area contributed by atoms with Crippen molar-refractivity contribution in [2.45, 2.75) is 38.1 Å². The van der Waals surface area contributed by atoms with E-state index in [4.69, 9.17) is 10.7 Å². The fraction of sp³-hybridized carbons (Fsp3) is 0.667. The molecule has 1 aromatic rings. The Morgan fingerprint density at radius 1 is 1.29 bits per heavy atom. The Labute approximate surface area is 128 Å². The number of hydrogen-bond acceptors (Lipinski definition) is 4. The van der Waals surface area contributed by atoms with E-state index in [0.717, 1.165) is 0 Å². The van der Waals surface area contributed by atoms with Gasteiger partial charge < -0.3 is 10.2 Å². The molecule has 2 heterocycles. The molecule has 0 aromatic carbocycles. The monoisotopic (exact) mass is 334 g/mol. The van der Waals surface area contributed by atoms with Crippen LogP contribution in [0.1, 0.15) is 25.2 Å². The van der Waals surface area contributed by atoms with Gasteiger partial charge in [0.25, 0.3) is 9.05 Å². The van der Waals surface area contributed by atoms with Gasteiger partial charge >= 0.3 is 6.03 Å². The van der Waals surface area contributed by atoms with Gasteiger partial charge in [0, 0.05) is 30.3 Å². The van der Waals surface area contributed by atoms with Gasteiger partial charge in [-0.2, -0.15) is 5.10 Å². The highest BCUT2D eigenvalue weighted by Gasteiger charge is 2.26. The number of amides is 2. The van der Waals surface area contributed by atoms with E-state index in [9.17, 15) is 13.2 Å². The number of hydrogen-bond donors (Lipinski definition) is 1. The number of carbonyl (C=O) groups is 1. The van der Waals surface area contributed by atoms with Gasteiger partial charge in [-0.3, -0.25) is 4.68 Å². The van der Waals surface area contributed by atoms with Crippen LogP contribution in [0.25, 0.3) is 0 Å². The van der Waals surface area contributed by atoms with Gasteiger partial charge in [0.05, 0.1) is 17.9 Å². The van der Waals surface area contributed by atoms with E-state index in [-0.39, 0.29) is 10.9 Å². The van der Waals surface area contributed by atoms with Crippen molar-refractivity contribution in [2.24, 2.45) is 0 Å². The Morgan fingerprint density at radius 2 is 2.00 bits per heavy atom. The van der Waals surface area contributed by atoms with Gasteiger partial charge in [-0.05, 0) is 12.8 Å². The Balaban J connectivity index is 2.27. The molecule has 0 aliphatic carbocycles. The van der Waals surface area contributed by atoms with Crippen LogP contribution in [0.15, 0.2) is 4.90 Å². The Morgan fingerprint density at radius 3 is 2.48 bits per heavy atom. The highest BCUT2D eigenvalue weighted by molar-refractivity contribution is 8.13. The van der Waals surface area contributed by atoms with E-state index in [2.05, 4.69) is 10.4 Å². The second-order valence-corrected chi connectivity index (χ2v) is 7.31. The molecule has 1 aromatic heterocycles. The molecule has 7 nitrogen and oxygen atoms in total. The number of urea groups is 1. The van der Waals surface area contributed by atoms with Gasteiger partial charge in [-0.25, -0.2) is 13.2 Å². The first-order chi connectivity index (χ1) is 9.88.